The first-order valence-electron chi connectivity index (χ1n) is 6.14. The van der Waals surface area contributed by atoms with Crippen molar-refractivity contribution >= 4 is 21.4 Å². The molecule has 2 N–H and O–H groups in total. The number of thiazole rings is 1. The third-order valence-electron chi connectivity index (χ3n) is 2.85. The van der Waals surface area contributed by atoms with Gasteiger partial charge in [0, 0.05) is 11.9 Å². The molecule has 0 fully saturated rings. The summed E-state index contributed by atoms with van der Waals surface area (Å²) in [5.74, 6) is 0. The molecule has 2 rings (SSSR count). The number of hydrogen-bond donors (Lipinski definition) is 2. The summed E-state index contributed by atoms with van der Waals surface area (Å²) in [4.78, 5) is 4.38. The van der Waals surface area contributed by atoms with Crippen molar-refractivity contribution in [3.63, 3.8) is 0 Å². The van der Waals surface area contributed by atoms with E-state index in [1.807, 2.05) is 24.6 Å². The first kappa shape index (κ1) is 15.1. The first-order valence-corrected chi connectivity index (χ1v) is 8.56. The minimum atomic E-state index is -3.52. The van der Waals surface area contributed by atoms with Crippen LogP contribution in [0.25, 0.3) is 0 Å². The Hall–Kier alpha value is -1.28. The van der Waals surface area contributed by atoms with Crippen molar-refractivity contribution in [3.8, 4) is 0 Å². The highest BCUT2D eigenvalue weighted by Gasteiger charge is 2.17. The Morgan fingerprint density at radius 1 is 1.30 bits per heavy atom. The quantitative estimate of drug-likeness (QED) is 0.851. The molecule has 20 heavy (non-hydrogen) atoms. The Kier molecular flexibility index (Phi) is 4.87. The molecule has 5 nitrogen and oxygen atoms in total. The number of hydrogen-bond acceptors (Lipinski definition) is 5. The molecule has 0 unspecified atom stereocenters. The third-order valence-corrected chi connectivity index (χ3v) is 5.03. The molecular formula is C13H17N3O2S2. The van der Waals surface area contributed by atoms with Gasteiger partial charge in [-0.2, -0.15) is 0 Å². The molecule has 1 aromatic heterocycles. The van der Waals surface area contributed by atoms with Crippen LogP contribution in [0.3, 0.4) is 0 Å². The van der Waals surface area contributed by atoms with Gasteiger partial charge in [-0.25, -0.2) is 18.1 Å². The van der Waals surface area contributed by atoms with Gasteiger partial charge in [0.1, 0.15) is 0 Å². The second-order valence-corrected chi connectivity index (χ2v) is 6.89. The molecule has 0 atom stereocenters. The molecule has 1 heterocycles. The summed E-state index contributed by atoms with van der Waals surface area (Å²) in [5, 5.41) is 4.84. The summed E-state index contributed by atoms with van der Waals surface area (Å²) >= 11 is 1.44. The van der Waals surface area contributed by atoms with Gasteiger partial charge in [0.2, 0.25) is 10.0 Å². The fraction of sp³-hybridized carbons (Fsp3) is 0.308. The maximum Gasteiger partial charge on any atom is 0.241 e. The standard InChI is InChI=1S/C13H17N3O2S2/c1-10-3-4-11(6-14-2)5-13(10)20(17,18)16-7-12-8-19-9-15-12/h3-5,8-9,14,16H,6-7H2,1-2H3. The molecule has 2 aromatic rings. The lowest BCUT2D eigenvalue weighted by Crippen LogP contribution is -2.24. The van der Waals surface area contributed by atoms with Gasteiger partial charge in [-0.05, 0) is 31.2 Å². The largest absolute Gasteiger partial charge is 0.316 e. The smallest absolute Gasteiger partial charge is 0.241 e. The summed E-state index contributed by atoms with van der Waals surface area (Å²) < 4.78 is 27.3. The summed E-state index contributed by atoms with van der Waals surface area (Å²) in [6.45, 7) is 2.64. The zero-order valence-corrected chi connectivity index (χ0v) is 13.0. The van der Waals surface area contributed by atoms with Crippen LogP contribution in [-0.2, 0) is 23.1 Å². The summed E-state index contributed by atoms with van der Waals surface area (Å²) in [6.07, 6.45) is 0. The molecule has 1 aromatic carbocycles. The fourth-order valence-corrected chi connectivity index (χ4v) is 3.67. The van der Waals surface area contributed by atoms with Gasteiger partial charge in [-0.1, -0.05) is 12.1 Å². The van der Waals surface area contributed by atoms with Crippen LogP contribution in [0.1, 0.15) is 16.8 Å². The van der Waals surface area contributed by atoms with Crippen LogP contribution < -0.4 is 10.0 Å². The van der Waals surface area contributed by atoms with Crippen LogP contribution in [-0.4, -0.2) is 20.4 Å². The van der Waals surface area contributed by atoms with E-state index in [9.17, 15) is 8.42 Å². The number of sulfonamides is 1. The maximum atomic E-state index is 12.3. The van der Waals surface area contributed by atoms with Crippen LogP contribution in [0.5, 0.6) is 0 Å². The SMILES string of the molecule is CNCc1ccc(C)c(S(=O)(=O)NCc2cscn2)c1. The molecule has 0 saturated heterocycles. The van der Waals surface area contributed by atoms with Gasteiger partial charge in [-0.3, -0.25) is 0 Å². The Balaban J connectivity index is 2.21. The monoisotopic (exact) mass is 311 g/mol. The number of aromatic nitrogens is 1. The van der Waals surface area contributed by atoms with Crippen LogP contribution in [0.2, 0.25) is 0 Å². The van der Waals surface area contributed by atoms with Gasteiger partial charge in [0.05, 0.1) is 22.6 Å². The molecule has 108 valence electrons. The van der Waals surface area contributed by atoms with E-state index in [1.54, 1.807) is 18.5 Å². The van der Waals surface area contributed by atoms with Crippen molar-refractivity contribution in [3.05, 3.63) is 45.9 Å². The second-order valence-electron chi connectivity index (χ2n) is 4.43. The summed E-state index contributed by atoms with van der Waals surface area (Å²) in [5.41, 5.74) is 4.08. The van der Waals surface area contributed by atoms with Crippen LogP contribution >= 0.6 is 11.3 Å². The number of benzene rings is 1. The Bertz CT molecular complexity index is 667. The van der Waals surface area contributed by atoms with Gasteiger partial charge in [0.25, 0.3) is 0 Å². The van der Waals surface area contributed by atoms with Crippen molar-refractivity contribution in [1.82, 2.24) is 15.0 Å². The van der Waals surface area contributed by atoms with E-state index in [4.69, 9.17) is 0 Å². The zero-order chi connectivity index (χ0) is 14.6. The fourth-order valence-electron chi connectivity index (χ4n) is 1.82. The van der Waals surface area contributed by atoms with Crippen molar-refractivity contribution in [2.24, 2.45) is 0 Å². The number of rotatable bonds is 6. The van der Waals surface area contributed by atoms with Crippen molar-refractivity contribution < 1.29 is 8.42 Å². The number of nitrogens with one attached hydrogen (secondary N) is 2. The van der Waals surface area contributed by atoms with Crippen LogP contribution in [0.4, 0.5) is 0 Å². The highest BCUT2D eigenvalue weighted by atomic mass is 32.2. The number of nitrogens with zero attached hydrogens (tertiary/aromatic N) is 1. The molecule has 0 saturated carbocycles. The normalized spacial score (nSPS) is 11.7. The third kappa shape index (κ3) is 3.63. The zero-order valence-electron chi connectivity index (χ0n) is 11.4. The molecule has 0 bridgehead atoms. The van der Waals surface area contributed by atoms with Crippen LogP contribution in [0, 0.1) is 6.92 Å². The van der Waals surface area contributed by atoms with E-state index in [0.29, 0.717) is 11.4 Å². The predicted octanol–water partition coefficient (Wildman–Crippen LogP) is 1.65. The Labute approximate surface area is 123 Å². The van der Waals surface area contributed by atoms with E-state index < -0.39 is 10.0 Å². The lowest BCUT2D eigenvalue weighted by Gasteiger charge is -2.10. The van der Waals surface area contributed by atoms with Crippen molar-refractivity contribution in [2.45, 2.75) is 24.9 Å². The predicted molar refractivity (Wildman–Crippen MR) is 80.1 cm³/mol. The maximum absolute atomic E-state index is 12.3. The topological polar surface area (TPSA) is 71.1 Å². The summed E-state index contributed by atoms with van der Waals surface area (Å²) in [7, 11) is -1.69. The second kappa shape index (κ2) is 6.45. The van der Waals surface area contributed by atoms with E-state index in [1.165, 1.54) is 11.3 Å². The van der Waals surface area contributed by atoms with E-state index in [2.05, 4.69) is 15.0 Å². The molecule has 0 spiro atoms. The highest BCUT2D eigenvalue weighted by Crippen LogP contribution is 2.17. The van der Waals surface area contributed by atoms with Crippen molar-refractivity contribution in [2.75, 3.05) is 7.05 Å². The van der Waals surface area contributed by atoms with Crippen molar-refractivity contribution in [1.29, 1.82) is 0 Å². The van der Waals surface area contributed by atoms with E-state index in [-0.39, 0.29) is 6.54 Å². The molecule has 0 aliphatic rings. The molecule has 0 aliphatic heterocycles. The first-order chi connectivity index (χ1) is 9.53. The molecular weight excluding hydrogens is 294 g/mol. The molecule has 0 radical (unpaired) electrons. The van der Waals surface area contributed by atoms with Gasteiger partial charge in [0.15, 0.2) is 0 Å². The Morgan fingerprint density at radius 2 is 2.10 bits per heavy atom. The summed E-state index contributed by atoms with van der Waals surface area (Å²) in [6, 6.07) is 5.45. The van der Waals surface area contributed by atoms with Crippen LogP contribution in [0.15, 0.2) is 34.0 Å². The average Bonchev–Trinajstić information content (AvgIpc) is 2.92. The lowest BCUT2D eigenvalue weighted by molar-refractivity contribution is 0.579. The number of aryl methyl sites for hydroxylation is 1. The minimum Gasteiger partial charge on any atom is -0.316 e. The van der Waals surface area contributed by atoms with E-state index in [0.717, 1.165) is 16.8 Å². The molecule has 7 heteroatoms. The Morgan fingerprint density at radius 3 is 2.75 bits per heavy atom. The highest BCUT2D eigenvalue weighted by molar-refractivity contribution is 7.89. The minimum absolute atomic E-state index is 0.210. The van der Waals surface area contributed by atoms with Gasteiger partial charge >= 0.3 is 0 Å². The lowest BCUT2D eigenvalue weighted by atomic mass is 10.1. The van der Waals surface area contributed by atoms with E-state index >= 15 is 0 Å². The van der Waals surface area contributed by atoms with Gasteiger partial charge < -0.3 is 5.32 Å². The molecule has 0 amide bonds. The van der Waals surface area contributed by atoms with Gasteiger partial charge in [-0.15, -0.1) is 11.3 Å². The average molecular weight is 311 g/mol. The molecule has 0 aliphatic carbocycles.